The number of nitrogens with zero attached hydrogens (tertiary/aromatic N) is 4. The molecule has 2 aliphatic rings. The molecule has 6 nitrogen and oxygen atoms in total. The highest BCUT2D eigenvalue weighted by molar-refractivity contribution is 7.22. The molecule has 0 bridgehead atoms. The number of anilines is 1. The Morgan fingerprint density at radius 1 is 1.05 bits per heavy atom. The van der Waals surface area contributed by atoms with Crippen LogP contribution in [0, 0.1) is 5.82 Å². The average Bonchev–Trinajstić information content (AvgIpc) is 3.29. The molecule has 5 rings (SSSR count). The molecule has 0 saturated carbocycles. The quantitative estimate of drug-likeness (QED) is 0.365. The zero-order valence-electron chi connectivity index (χ0n) is 21.2. The summed E-state index contributed by atoms with van der Waals surface area (Å²) in [6.45, 7) is 7.25. The summed E-state index contributed by atoms with van der Waals surface area (Å²) in [7, 11) is 0. The fourth-order valence-electron chi connectivity index (χ4n) is 5.30. The van der Waals surface area contributed by atoms with E-state index in [4.69, 9.17) is 4.74 Å². The summed E-state index contributed by atoms with van der Waals surface area (Å²) in [5, 5.41) is 0.652. The molecule has 1 aromatic heterocycles. The maximum Gasteiger partial charge on any atom is 0.416 e. The number of benzene rings is 2. The highest BCUT2D eigenvalue weighted by Gasteiger charge is 2.37. The predicted octanol–water partition coefficient (Wildman–Crippen LogP) is 6.15. The minimum atomic E-state index is -4.40. The number of carbonyl (C=O) groups excluding carboxylic acids is 1. The van der Waals surface area contributed by atoms with Gasteiger partial charge in [-0.15, -0.1) is 0 Å². The van der Waals surface area contributed by atoms with Crippen LogP contribution in [0.5, 0.6) is 0 Å². The van der Waals surface area contributed by atoms with Crippen LogP contribution in [0.15, 0.2) is 42.5 Å². The summed E-state index contributed by atoms with van der Waals surface area (Å²) >= 11 is 1.23. The van der Waals surface area contributed by atoms with Crippen LogP contribution in [-0.4, -0.2) is 65.2 Å². The third-order valence-corrected chi connectivity index (χ3v) is 8.31. The van der Waals surface area contributed by atoms with Gasteiger partial charge in [-0.1, -0.05) is 23.5 Å². The number of amides is 1. The summed E-state index contributed by atoms with van der Waals surface area (Å²) in [5.41, 5.74) is 0.901. The molecule has 0 radical (unpaired) electrons. The van der Waals surface area contributed by atoms with Crippen LogP contribution in [0.4, 0.5) is 27.5 Å². The topological polar surface area (TPSA) is 48.9 Å². The number of fused-ring (bicyclic) bond motifs is 1. The Bertz CT molecular complexity index is 1260. The van der Waals surface area contributed by atoms with Crippen molar-refractivity contribution in [1.82, 2.24) is 14.8 Å². The molecule has 0 unspecified atom stereocenters. The zero-order valence-corrected chi connectivity index (χ0v) is 22.1. The Labute approximate surface area is 222 Å². The van der Waals surface area contributed by atoms with E-state index in [0.29, 0.717) is 28.4 Å². The van der Waals surface area contributed by atoms with Crippen molar-refractivity contribution in [2.45, 2.75) is 57.6 Å². The normalized spacial score (nSPS) is 21.7. The minimum absolute atomic E-state index is 0.150. The van der Waals surface area contributed by atoms with E-state index in [-0.39, 0.29) is 30.1 Å². The number of aromatic nitrogens is 1. The summed E-state index contributed by atoms with van der Waals surface area (Å²) in [6, 6.07) is 9.81. The monoisotopic (exact) mass is 550 g/mol. The van der Waals surface area contributed by atoms with E-state index >= 15 is 0 Å². The smallest absolute Gasteiger partial charge is 0.416 e. The SMILES string of the molecule is C[C@@H]1CN(c2nc3ccc(C(F)(F)F)cc3s2)C[C@H](C)N1C(=O)OC1CCN(Cc2ccc(F)cc2)CC1. The molecule has 1 amide bonds. The van der Waals surface area contributed by atoms with Gasteiger partial charge in [-0.2, -0.15) is 13.2 Å². The van der Waals surface area contributed by atoms with Crippen molar-refractivity contribution in [2.75, 3.05) is 31.1 Å². The lowest BCUT2D eigenvalue weighted by Gasteiger charge is -2.44. The Morgan fingerprint density at radius 3 is 2.34 bits per heavy atom. The summed E-state index contributed by atoms with van der Waals surface area (Å²) < 4.78 is 58.8. The molecule has 3 aromatic rings. The molecular weight excluding hydrogens is 520 g/mol. The maximum absolute atomic E-state index is 13.1. The Kier molecular flexibility index (Phi) is 7.50. The minimum Gasteiger partial charge on any atom is -0.446 e. The van der Waals surface area contributed by atoms with Gasteiger partial charge in [0.1, 0.15) is 11.9 Å². The first-order valence-corrected chi connectivity index (χ1v) is 13.6. The van der Waals surface area contributed by atoms with Gasteiger partial charge in [-0.05, 0) is 62.6 Å². The number of alkyl halides is 3. The highest BCUT2D eigenvalue weighted by Crippen LogP contribution is 2.36. The standard InChI is InChI=1S/C27H30F4N4O2S/c1-17-14-34(25-32-23-8-5-20(27(29,30)31)13-24(23)38-25)15-18(2)35(17)26(36)37-22-9-11-33(12-10-22)16-19-3-6-21(28)7-4-19/h3-8,13,17-18,22H,9-12,14-16H2,1-2H3/t17-,18+. The number of likely N-dealkylation sites (tertiary alicyclic amines) is 1. The Balaban J connectivity index is 1.15. The molecular formula is C27H30F4N4O2S. The van der Waals surface area contributed by atoms with Crippen LogP contribution in [0.3, 0.4) is 0 Å². The van der Waals surface area contributed by atoms with Crippen molar-refractivity contribution in [3.05, 3.63) is 59.4 Å². The third-order valence-electron chi connectivity index (χ3n) is 7.23. The third kappa shape index (κ3) is 5.88. The number of hydrogen-bond acceptors (Lipinski definition) is 6. The van der Waals surface area contributed by atoms with Gasteiger partial charge in [0.2, 0.25) is 0 Å². The second-order valence-electron chi connectivity index (χ2n) is 10.2. The molecule has 2 fully saturated rings. The zero-order chi connectivity index (χ0) is 27.0. The lowest BCUT2D eigenvalue weighted by Crippen LogP contribution is -2.59. The molecule has 3 heterocycles. The second kappa shape index (κ2) is 10.7. The van der Waals surface area contributed by atoms with E-state index in [1.54, 1.807) is 17.0 Å². The van der Waals surface area contributed by atoms with E-state index in [1.165, 1.54) is 29.5 Å². The van der Waals surface area contributed by atoms with Crippen molar-refractivity contribution >= 4 is 32.8 Å². The molecule has 2 aromatic carbocycles. The van der Waals surface area contributed by atoms with Gasteiger partial charge >= 0.3 is 12.3 Å². The van der Waals surface area contributed by atoms with Crippen molar-refractivity contribution in [3.8, 4) is 0 Å². The molecule has 0 spiro atoms. The van der Waals surface area contributed by atoms with E-state index in [0.717, 1.165) is 50.2 Å². The first-order valence-electron chi connectivity index (χ1n) is 12.8. The van der Waals surface area contributed by atoms with Gasteiger partial charge in [0.05, 0.1) is 27.9 Å². The number of piperidine rings is 1. The lowest BCUT2D eigenvalue weighted by atomic mass is 10.1. The number of piperazine rings is 1. The van der Waals surface area contributed by atoms with Crippen LogP contribution >= 0.6 is 11.3 Å². The first-order chi connectivity index (χ1) is 18.1. The highest BCUT2D eigenvalue weighted by atomic mass is 32.1. The summed E-state index contributed by atoms with van der Waals surface area (Å²) in [6.07, 6.45) is -3.41. The molecule has 2 atom stereocenters. The number of rotatable bonds is 4. The van der Waals surface area contributed by atoms with Gasteiger partial charge in [0, 0.05) is 32.7 Å². The Hall–Kier alpha value is -2.92. The van der Waals surface area contributed by atoms with Crippen LogP contribution < -0.4 is 4.90 Å². The van der Waals surface area contributed by atoms with E-state index in [1.807, 2.05) is 18.7 Å². The maximum atomic E-state index is 13.1. The van der Waals surface area contributed by atoms with Gasteiger partial charge in [-0.3, -0.25) is 9.80 Å². The van der Waals surface area contributed by atoms with Crippen LogP contribution in [-0.2, 0) is 17.5 Å². The van der Waals surface area contributed by atoms with E-state index < -0.39 is 11.7 Å². The number of thiazole rings is 1. The lowest BCUT2D eigenvalue weighted by molar-refractivity contribution is -0.137. The van der Waals surface area contributed by atoms with Crippen molar-refractivity contribution in [3.63, 3.8) is 0 Å². The molecule has 2 aliphatic heterocycles. The van der Waals surface area contributed by atoms with Gasteiger partial charge in [-0.25, -0.2) is 14.2 Å². The van der Waals surface area contributed by atoms with Gasteiger partial charge in [0.25, 0.3) is 0 Å². The van der Waals surface area contributed by atoms with E-state index in [2.05, 4.69) is 9.88 Å². The Morgan fingerprint density at radius 2 is 1.71 bits per heavy atom. The first kappa shape index (κ1) is 26.7. The van der Waals surface area contributed by atoms with Crippen molar-refractivity contribution in [2.24, 2.45) is 0 Å². The predicted molar refractivity (Wildman–Crippen MR) is 139 cm³/mol. The molecule has 38 heavy (non-hydrogen) atoms. The summed E-state index contributed by atoms with van der Waals surface area (Å²) in [4.78, 5) is 23.7. The largest absolute Gasteiger partial charge is 0.446 e. The molecule has 204 valence electrons. The average molecular weight is 551 g/mol. The van der Waals surface area contributed by atoms with Gasteiger partial charge < -0.3 is 9.64 Å². The number of halogens is 4. The molecule has 2 saturated heterocycles. The fraction of sp³-hybridized carbons (Fsp3) is 0.481. The number of carbonyl (C=O) groups is 1. The number of ether oxygens (including phenoxy) is 1. The molecule has 0 aliphatic carbocycles. The van der Waals surface area contributed by atoms with Crippen LogP contribution in [0.25, 0.3) is 10.2 Å². The fourth-order valence-corrected chi connectivity index (χ4v) is 6.32. The van der Waals surface area contributed by atoms with Crippen molar-refractivity contribution < 1.29 is 27.1 Å². The van der Waals surface area contributed by atoms with Gasteiger partial charge in [0.15, 0.2) is 5.13 Å². The van der Waals surface area contributed by atoms with Crippen LogP contribution in [0.1, 0.15) is 37.8 Å². The van der Waals surface area contributed by atoms with E-state index in [9.17, 15) is 22.4 Å². The number of hydrogen-bond donors (Lipinski definition) is 0. The van der Waals surface area contributed by atoms with Crippen molar-refractivity contribution in [1.29, 1.82) is 0 Å². The second-order valence-corrected chi connectivity index (χ2v) is 11.2. The summed E-state index contributed by atoms with van der Waals surface area (Å²) in [5.74, 6) is -0.247. The molecule has 0 N–H and O–H groups in total. The molecule has 11 heteroatoms. The van der Waals surface area contributed by atoms with Crippen LogP contribution in [0.2, 0.25) is 0 Å².